The fourth-order valence-corrected chi connectivity index (χ4v) is 2.94. The van der Waals surface area contributed by atoms with Gasteiger partial charge in [0, 0.05) is 34.1 Å². The van der Waals surface area contributed by atoms with Gasteiger partial charge in [0.15, 0.2) is 0 Å². The second kappa shape index (κ2) is 3.44. The van der Waals surface area contributed by atoms with Gasteiger partial charge in [-0.15, -0.1) is 0 Å². The Hall–Kier alpha value is -1.12. The monoisotopic (exact) mass is 246 g/mol. The van der Waals surface area contributed by atoms with Gasteiger partial charge in [0.05, 0.1) is 5.52 Å². The van der Waals surface area contributed by atoms with E-state index < -0.39 is 0 Å². The topological polar surface area (TPSA) is 38.9 Å². The Bertz CT molecular complexity index is 592. The maximum absolute atomic E-state index is 6.34. The van der Waals surface area contributed by atoms with E-state index in [-0.39, 0.29) is 11.5 Å². The SMILES string of the molecule is CC1(C)C(N)C1c1c(Cl)ccc2cccnc12. The summed E-state index contributed by atoms with van der Waals surface area (Å²) in [5, 5.41) is 1.91. The van der Waals surface area contributed by atoms with E-state index in [1.54, 1.807) is 0 Å². The zero-order valence-corrected chi connectivity index (χ0v) is 10.7. The molecule has 2 N–H and O–H groups in total. The molecule has 2 unspecified atom stereocenters. The molecule has 1 aliphatic rings. The van der Waals surface area contributed by atoms with Crippen molar-refractivity contribution < 1.29 is 0 Å². The Morgan fingerprint density at radius 1 is 1.29 bits per heavy atom. The molecule has 1 aromatic carbocycles. The summed E-state index contributed by atoms with van der Waals surface area (Å²) in [6.45, 7) is 4.36. The smallest absolute Gasteiger partial charge is 0.0752 e. The molecule has 0 amide bonds. The van der Waals surface area contributed by atoms with Crippen molar-refractivity contribution in [3.8, 4) is 0 Å². The zero-order chi connectivity index (χ0) is 12.2. The molecule has 0 bridgehead atoms. The first-order valence-corrected chi connectivity index (χ1v) is 6.20. The summed E-state index contributed by atoms with van der Waals surface area (Å²) in [5.41, 5.74) is 8.38. The minimum Gasteiger partial charge on any atom is -0.327 e. The van der Waals surface area contributed by atoms with Gasteiger partial charge in [-0.25, -0.2) is 0 Å². The molecule has 0 radical (unpaired) electrons. The third-order valence-corrected chi connectivity index (χ3v) is 4.31. The van der Waals surface area contributed by atoms with Gasteiger partial charge >= 0.3 is 0 Å². The van der Waals surface area contributed by atoms with Gasteiger partial charge in [-0.3, -0.25) is 4.98 Å². The van der Waals surface area contributed by atoms with Crippen LogP contribution in [0.3, 0.4) is 0 Å². The van der Waals surface area contributed by atoms with Crippen LogP contribution < -0.4 is 5.73 Å². The number of aromatic nitrogens is 1. The molecule has 0 spiro atoms. The molecular formula is C14H15ClN2. The number of rotatable bonds is 1. The molecule has 0 aliphatic heterocycles. The van der Waals surface area contributed by atoms with Crippen LogP contribution in [0.5, 0.6) is 0 Å². The highest BCUT2D eigenvalue weighted by Crippen LogP contribution is 2.59. The van der Waals surface area contributed by atoms with Crippen molar-refractivity contribution in [3.63, 3.8) is 0 Å². The van der Waals surface area contributed by atoms with Crippen LogP contribution in [0.15, 0.2) is 30.5 Å². The van der Waals surface area contributed by atoms with Crippen LogP contribution in [0.2, 0.25) is 5.02 Å². The maximum Gasteiger partial charge on any atom is 0.0752 e. The first-order valence-electron chi connectivity index (χ1n) is 5.82. The number of fused-ring (bicyclic) bond motifs is 1. The molecule has 1 saturated carbocycles. The van der Waals surface area contributed by atoms with E-state index in [9.17, 15) is 0 Å². The second-order valence-corrected chi connectivity index (χ2v) is 5.77. The molecule has 3 rings (SSSR count). The summed E-state index contributed by atoms with van der Waals surface area (Å²) >= 11 is 6.34. The van der Waals surface area contributed by atoms with E-state index in [0.29, 0.717) is 5.92 Å². The van der Waals surface area contributed by atoms with E-state index in [1.165, 1.54) is 0 Å². The highest BCUT2D eigenvalue weighted by Gasteiger charge is 2.57. The van der Waals surface area contributed by atoms with Crippen molar-refractivity contribution >= 4 is 22.5 Å². The number of benzene rings is 1. The van der Waals surface area contributed by atoms with Gasteiger partial charge in [0.25, 0.3) is 0 Å². The van der Waals surface area contributed by atoms with Crippen LogP contribution in [0.1, 0.15) is 25.3 Å². The van der Waals surface area contributed by atoms with Crippen molar-refractivity contribution in [2.24, 2.45) is 11.1 Å². The summed E-state index contributed by atoms with van der Waals surface area (Å²) in [6.07, 6.45) is 1.81. The number of pyridine rings is 1. The molecule has 2 atom stereocenters. The minimum atomic E-state index is 0.120. The molecule has 2 nitrogen and oxygen atoms in total. The lowest BCUT2D eigenvalue weighted by molar-refractivity contribution is 0.600. The predicted octanol–water partition coefficient (Wildman–Crippen LogP) is 3.34. The largest absolute Gasteiger partial charge is 0.327 e. The highest BCUT2D eigenvalue weighted by molar-refractivity contribution is 6.32. The molecule has 3 heteroatoms. The molecule has 17 heavy (non-hydrogen) atoms. The van der Waals surface area contributed by atoms with Crippen molar-refractivity contribution in [1.82, 2.24) is 4.98 Å². The fourth-order valence-electron chi connectivity index (χ4n) is 2.67. The summed E-state index contributed by atoms with van der Waals surface area (Å²) in [6, 6.07) is 8.13. The number of nitrogens with zero attached hydrogens (tertiary/aromatic N) is 1. The van der Waals surface area contributed by atoms with Crippen LogP contribution in [0.4, 0.5) is 0 Å². The predicted molar refractivity (Wildman–Crippen MR) is 71.3 cm³/mol. The van der Waals surface area contributed by atoms with Crippen LogP contribution in [0.25, 0.3) is 10.9 Å². The molecule has 1 fully saturated rings. The Morgan fingerprint density at radius 3 is 2.65 bits per heavy atom. The van der Waals surface area contributed by atoms with Crippen LogP contribution in [0, 0.1) is 5.41 Å². The number of halogens is 1. The standard InChI is InChI=1S/C14H15ClN2/c1-14(2)11(13(14)16)10-9(15)6-5-8-4-3-7-17-12(8)10/h3-7,11,13H,16H2,1-2H3. The van der Waals surface area contributed by atoms with Crippen molar-refractivity contribution in [2.75, 3.05) is 0 Å². The maximum atomic E-state index is 6.34. The molecule has 1 heterocycles. The van der Waals surface area contributed by atoms with E-state index in [2.05, 4.69) is 24.9 Å². The van der Waals surface area contributed by atoms with Crippen molar-refractivity contribution in [2.45, 2.75) is 25.8 Å². The van der Waals surface area contributed by atoms with E-state index in [1.807, 2.05) is 24.4 Å². The highest BCUT2D eigenvalue weighted by atomic mass is 35.5. The summed E-state index contributed by atoms with van der Waals surface area (Å²) in [7, 11) is 0. The Labute approximate surface area is 106 Å². The lowest BCUT2D eigenvalue weighted by Gasteiger charge is -2.09. The average molecular weight is 247 g/mol. The Kier molecular flexibility index (Phi) is 2.22. The molecule has 2 aromatic rings. The summed E-state index contributed by atoms with van der Waals surface area (Å²) < 4.78 is 0. The summed E-state index contributed by atoms with van der Waals surface area (Å²) in [5.74, 6) is 0.314. The molecular weight excluding hydrogens is 232 g/mol. The zero-order valence-electron chi connectivity index (χ0n) is 9.94. The minimum absolute atomic E-state index is 0.120. The average Bonchev–Trinajstić information content (AvgIpc) is 2.79. The van der Waals surface area contributed by atoms with E-state index in [4.69, 9.17) is 17.3 Å². The Morgan fingerprint density at radius 2 is 2.00 bits per heavy atom. The lowest BCUT2D eigenvalue weighted by atomic mass is 10.00. The molecule has 1 aromatic heterocycles. The van der Waals surface area contributed by atoms with Gasteiger partial charge < -0.3 is 5.73 Å². The first-order chi connectivity index (χ1) is 8.03. The second-order valence-electron chi connectivity index (χ2n) is 5.36. The van der Waals surface area contributed by atoms with Gasteiger partial charge in [-0.1, -0.05) is 37.6 Å². The summed E-state index contributed by atoms with van der Waals surface area (Å²) in [4.78, 5) is 4.46. The third-order valence-electron chi connectivity index (χ3n) is 3.98. The van der Waals surface area contributed by atoms with Crippen LogP contribution >= 0.6 is 11.6 Å². The first kappa shape index (κ1) is 11.0. The molecule has 1 aliphatic carbocycles. The van der Waals surface area contributed by atoms with Gasteiger partial charge in [0.1, 0.15) is 0 Å². The number of hydrogen-bond acceptors (Lipinski definition) is 2. The number of hydrogen-bond donors (Lipinski definition) is 1. The van der Waals surface area contributed by atoms with Crippen LogP contribution in [-0.4, -0.2) is 11.0 Å². The fraction of sp³-hybridized carbons (Fsp3) is 0.357. The third kappa shape index (κ3) is 1.48. The van der Waals surface area contributed by atoms with Gasteiger partial charge in [0.2, 0.25) is 0 Å². The van der Waals surface area contributed by atoms with E-state index >= 15 is 0 Å². The number of nitrogens with two attached hydrogens (primary N) is 1. The quantitative estimate of drug-likeness (QED) is 0.838. The molecule has 88 valence electrons. The van der Waals surface area contributed by atoms with Gasteiger partial charge in [-0.05, 0) is 17.5 Å². The van der Waals surface area contributed by atoms with Gasteiger partial charge in [-0.2, -0.15) is 0 Å². The van der Waals surface area contributed by atoms with Crippen molar-refractivity contribution in [1.29, 1.82) is 0 Å². The Balaban J connectivity index is 2.26. The molecule has 0 saturated heterocycles. The lowest BCUT2D eigenvalue weighted by Crippen LogP contribution is -2.06. The van der Waals surface area contributed by atoms with Crippen molar-refractivity contribution in [3.05, 3.63) is 41.0 Å². The van der Waals surface area contributed by atoms with Crippen LogP contribution in [-0.2, 0) is 0 Å². The normalized spacial score (nSPS) is 26.1. The van der Waals surface area contributed by atoms with E-state index in [0.717, 1.165) is 21.5 Å².